The summed E-state index contributed by atoms with van der Waals surface area (Å²) in [6, 6.07) is 0. The van der Waals surface area contributed by atoms with Crippen LogP contribution in [0.4, 0.5) is 4.39 Å². The third-order valence-corrected chi connectivity index (χ3v) is 4.97. The molecule has 3 fully saturated rings. The minimum absolute atomic E-state index is 0.170. The lowest BCUT2D eigenvalue weighted by atomic mass is 9.62. The van der Waals surface area contributed by atoms with E-state index in [9.17, 15) is 4.39 Å². The summed E-state index contributed by atoms with van der Waals surface area (Å²) in [4.78, 5) is 0. The molecule has 2 unspecified atom stereocenters. The summed E-state index contributed by atoms with van der Waals surface area (Å²) in [7, 11) is -0.812. The standard InChI is InChI=1S/C13H21BFNO2/c1-12(2)13(3,4)18-14(17-12)11(15)10-8-5-9(10)7-16-6-8/h8-9,16H,5-7H2,1-4H3. The Labute approximate surface area is 108 Å². The van der Waals surface area contributed by atoms with E-state index < -0.39 is 18.3 Å². The average molecular weight is 253 g/mol. The van der Waals surface area contributed by atoms with Crippen LogP contribution in [-0.2, 0) is 9.31 Å². The Kier molecular flexibility index (Phi) is 2.67. The van der Waals surface area contributed by atoms with Crippen LogP contribution in [0.15, 0.2) is 11.3 Å². The van der Waals surface area contributed by atoms with Crippen LogP contribution in [0.3, 0.4) is 0 Å². The molecule has 100 valence electrons. The largest absolute Gasteiger partial charge is 0.525 e. The van der Waals surface area contributed by atoms with E-state index in [1.807, 2.05) is 27.7 Å². The van der Waals surface area contributed by atoms with Crippen LogP contribution < -0.4 is 5.32 Å². The van der Waals surface area contributed by atoms with Crippen LogP contribution in [-0.4, -0.2) is 31.4 Å². The molecule has 3 rings (SSSR count). The third kappa shape index (κ3) is 1.68. The quantitative estimate of drug-likeness (QED) is 0.726. The van der Waals surface area contributed by atoms with Crippen molar-refractivity contribution in [1.29, 1.82) is 0 Å². The molecule has 2 aliphatic heterocycles. The first-order valence-electron chi connectivity index (χ1n) is 6.77. The van der Waals surface area contributed by atoms with Crippen LogP contribution in [0.5, 0.6) is 0 Å². The van der Waals surface area contributed by atoms with Crippen LogP contribution in [0.2, 0.25) is 0 Å². The fraction of sp³-hybridized carbons (Fsp3) is 0.846. The van der Waals surface area contributed by atoms with Crippen molar-refractivity contribution in [2.45, 2.75) is 45.3 Å². The maximum absolute atomic E-state index is 14.6. The van der Waals surface area contributed by atoms with Gasteiger partial charge >= 0.3 is 7.12 Å². The number of hydrogen-bond donors (Lipinski definition) is 1. The highest BCUT2D eigenvalue weighted by atomic mass is 19.1. The fourth-order valence-electron chi connectivity index (χ4n) is 3.06. The number of rotatable bonds is 1. The van der Waals surface area contributed by atoms with Gasteiger partial charge in [0.15, 0.2) is 0 Å². The monoisotopic (exact) mass is 253 g/mol. The molecule has 1 aliphatic carbocycles. The van der Waals surface area contributed by atoms with E-state index in [0.29, 0.717) is 11.8 Å². The Bertz CT molecular complexity index is 376. The highest BCUT2D eigenvalue weighted by Crippen LogP contribution is 2.47. The van der Waals surface area contributed by atoms with Crippen molar-refractivity contribution in [3.8, 4) is 0 Å². The molecule has 1 saturated carbocycles. The summed E-state index contributed by atoms with van der Waals surface area (Å²) in [5.74, 6) is 0.700. The van der Waals surface area contributed by atoms with Gasteiger partial charge in [-0.3, -0.25) is 0 Å². The van der Waals surface area contributed by atoms with E-state index >= 15 is 0 Å². The highest BCUT2D eigenvalue weighted by Gasteiger charge is 2.55. The first-order chi connectivity index (χ1) is 8.32. The molecule has 2 bridgehead atoms. The zero-order chi connectivity index (χ0) is 13.1. The lowest BCUT2D eigenvalue weighted by molar-refractivity contribution is 0.00578. The molecule has 2 atom stereocenters. The van der Waals surface area contributed by atoms with Gasteiger partial charge in [-0.05, 0) is 51.5 Å². The van der Waals surface area contributed by atoms with Gasteiger partial charge in [0.2, 0.25) is 0 Å². The molecule has 0 amide bonds. The predicted octanol–water partition coefficient (Wildman–Crippen LogP) is 2.08. The lowest BCUT2D eigenvalue weighted by Crippen LogP contribution is -2.49. The van der Waals surface area contributed by atoms with Gasteiger partial charge in [-0.1, -0.05) is 0 Å². The zero-order valence-corrected chi connectivity index (χ0v) is 11.5. The molecule has 0 radical (unpaired) electrons. The number of fused-ring (bicyclic) bond motifs is 2. The van der Waals surface area contributed by atoms with Gasteiger partial charge in [0, 0.05) is 13.1 Å². The van der Waals surface area contributed by atoms with Gasteiger partial charge in [-0.2, -0.15) is 0 Å². The van der Waals surface area contributed by atoms with Crippen molar-refractivity contribution in [2.24, 2.45) is 11.8 Å². The van der Waals surface area contributed by atoms with Crippen LogP contribution in [0.25, 0.3) is 0 Å². The Morgan fingerprint density at radius 3 is 2.11 bits per heavy atom. The third-order valence-electron chi connectivity index (χ3n) is 4.97. The second kappa shape index (κ2) is 3.81. The maximum Gasteiger partial charge on any atom is 0.525 e. The van der Waals surface area contributed by atoms with E-state index in [0.717, 1.165) is 25.1 Å². The van der Waals surface area contributed by atoms with E-state index in [1.165, 1.54) is 0 Å². The zero-order valence-electron chi connectivity index (χ0n) is 11.5. The Balaban J connectivity index is 1.83. The summed E-state index contributed by atoms with van der Waals surface area (Å²) in [5.41, 5.74) is -0.164. The Morgan fingerprint density at radius 1 is 1.17 bits per heavy atom. The molecule has 3 nitrogen and oxygen atoms in total. The van der Waals surface area contributed by atoms with Crippen molar-refractivity contribution in [2.75, 3.05) is 13.1 Å². The minimum Gasteiger partial charge on any atom is -0.398 e. The normalized spacial score (nSPS) is 36.5. The van der Waals surface area contributed by atoms with E-state index in [-0.39, 0.29) is 5.73 Å². The van der Waals surface area contributed by atoms with E-state index in [2.05, 4.69) is 5.32 Å². The SMILES string of the molecule is CC1(C)OB(C(F)=C2C3CNCC2C3)OC1(C)C. The smallest absolute Gasteiger partial charge is 0.398 e. The first-order valence-corrected chi connectivity index (χ1v) is 6.77. The minimum atomic E-state index is -0.812. The molecular weight excluding hydrogens is 232 g/mol. The molecule has 2 heterocycles. The maximum atomic E-state index is 14.6. The van der Waals surface area contributed by atoms with Crippen LogP contribution in [0.1, 0.15) is 34.1 Å². The molecule has 0 spiro atoms. The number of halogens is 1. The van der Waals surface area contributed by atoms with Gasteiger partial charge in [-0.15, -0.1) is 0 Å². The predicted molar refractivity (Wildman–Crippen MR) is 68.7 cm³/mol. The molecule has 0 aromatic carbocycles. The molecule has 3 aliphatic rings. The van der Waals surface area contributed by atoms with Gasteiger partial charge in [-0.25, -0.2) is 4.39 Å². The van der Waals surface area contributed by atoms with Crippen LogP contribution >= 0.6 is 0 Å². The number of piperidine rings is 2. The van der Waals surface area contributed by atoms with Crippen molar-refractivity contribution < 1.29 is 13.7 Å². The lowest BCUT2D eigenvalue weighted by Gasteiger charge is -2.45. The first kappa shape index (κ1) is 12.6. The van der Waals surface area contributed by atoms with Gasteiger partial charge < -0.3 is 14.6 Å². The van der Waals surface area contributed by atoms with E-state index in [1.54, 1.807) is 0 Å². The van der Waals surface area contributed by atoms with E-state index in [4.69, 9.17) is 9.31 Å². The van der Waals surface area contributed by atoms with Crippen LogP contribution in [0, 0.1) is 11.8 Å². The number of nitrogens with one attached hydrogen (secondary N) is 1. The Morgan fingerprint density at radius 2 is 1.67 bits per heavy atom. The van der Waals surface area contributed by atoms with Gasteiger partial charge in [0.05, 0.1) is 11.2 Å². The summed E-state index contributed by atoms with van der Waals surface area (Å²) >= 11 is 0. The van der Waals surface area contributed by atoms with Gasteiger partial charge in [0.1, 0.15) is 5.73 Å². The summed E-state index contributed by atoms with van der Waals surface area (Å²) in [5, 5.41) is 3.31. The molecular formula is C13H21BFNO2. The van der Waals surface area contributed by atoms with Gasteiger partial charge in [0.25, 0.3) is 0 Å². The Hall–Kier alpha value is -0.385. The number of hydrogen-bond acceptors (Lipinski definition) is 3. The molecule has 0 aromatic rings. The van der Waals surface area contributed by atoms with Crippen molar-refractivity contribution in [1.82, 2.24) is 5.32 Å². The second-order valence-corrected chi connectivity index (χ2v) is 6.68. The van der Waals surface area contributed by atoms with Crippen molar-refractivity contribution >= 4 is 7.12 Å². The fourth-order valence-corrected chi connectivity index (χ4v) is 3.06. The summed E-state index contributed by atoms with van der Waals surface area (Å²) in [6.45, 7) is 9.59. The molecule has 0 aromatic heterocycles. The molecule has 1 N–H and O–H groups in total. The van der Waals surface area contributed by atoms with Crippen molar-refractivity contribution in [3.63, 3.8) is 0 Å². The molecule has 5 heteroatoms. The average Bonchev–Trinajstić information content (AvgIpc) is 2.49. The highest BCUT2D eigenvalue weighted by molar-refractivity contribution is 6.54. The van der Waals surface area contributed by atoms with Crippen molar-refractivity contribution in [3.05, 3.63) is 11.3 Å². The summed E-state index contributed by atoms with van der Waals surface area (Å²) in [6.07, 6.45) is 1.11. The topological polar surface area (TPSA) is 30.5 Å². The second-order valence-electron chi connectivity index (χ2n) is 6.68. The molecule has 2 saturated heterocycles. The summed E-state index contributed by atoms with van der Waals surface area (Å²) < 4.78 is 26.1. The molecule has 18 heavy (non-hydrogen) atoms.